The lowest BCUT2D eigenvalue weighted by Gasteiger charge is -2.35. The second-order valence-electron chi connectivity index (χ2n) is 7.50. The van der Waals surface area contributed by atoms with E-state index in [0.717, 1.165) is 24.3 Å². The number of rotatable bonds is 4. The third-order valence-electron chi connectivity index (χ3n) is 5.11. The van der Waals surface area contributed by atoms with E-state index in [4.69, 9.17) is 4.98 Å². The largest absolute Gasteiger partial charge is 0.380 e. The average Bonchev–Trinajstić information content (AvgIpc) is 3.25. The summed E-state index contributed by atoms with van der Waals surface area (Å²) in [4.78, 5) is 8.88. The van der Waals surface area contributed by atoms with E-state index in [0.29, 0.717) is 18.0 Å². The Morgan fingerprint density at radius 3 is 2.92 bits per heavy atom. The van der Waals surface area contributed by atoms with Crippen LogP contribution in [0.25, 0.3) is 10.2 Å². The highest BCUT2D eigenvalue weighted by atomic mass is 32.1. The molecule has 1 fully saturated rings. The number of fused-ring (bicyclic) bond motifs is 1. The molecule has 0 amide bonds. The van der Waals surface area contributed by atoms with Crippen molar-refractivity contribution in [3.05, 3.63) is 35.9 Å². The molecule has 132 valence electrons. The number of hydrogen-bond donors (Lipinski definition) is 1. The van der Waals surface area contributed by atoms with Gasteiger partial charge in [0.05, 0.1) is 21.3 Å². The predicted molar refractivity (Wildman–Crippen MR) is 103 cm³/mol. The Kier molecular flexibility index (Phi) is 4.46. The van der Waals surface area contributed by atoms with Gasteiger partial charge in [-0.3, -0.25) is 0 Å². The molecule has 0 radical (unpaired) electrons. The van der Waals surface area contributed by atoms with Gasteiger partial charge in [0.2, 0.25) is 0 Å². The Labute approximate surface area is 152 Å². The lowest BCUT2D eigenvalue weighted by atomic mass is 9.83. The Hall–Kier alpha value is -1.95. The van der Waals surface area contributed by atoms with Gasteiger partial charge in [-0.05, 0) is 43.4 Å². The van der Waals surface area contributed by atoms with Crippen molar-refractivity contribution in [2.75, 3.05) is 5.32 Å². The second kappa shape index (κ2) is 6.75. The zero-order chi connectivity index (χ0) is 17.4. The number of nitrogens with one attached hydrogen (secondary N) is 1. The van der Waals surface area contributed by atoms with E-state index < -0.39 is 0 Å². The molecule has 0 saturated heterocycles. The first-order chi connectivity index (χ1) is 12.1. The van der Waals surface area contributed by atoms with Crippen LogP contribution < -0.4 is 5.32 Å². The van der Waals surface area contributed by atoms with E-state index in [9.17, 15) is 0 Å². The molecule has 1 aliphatic carbocycles. The molecule has 25 heavy (non-hydrogen) atoms. The highest BCUT2D eigenvalue weighted by molar-refractivity contribution is 7.18. The summed E-state index contributed by atoms with van der Waals surface area (Å²) >= 11 is 1.80. The molecule has 5 nitrogen and oxygen atoms in total. The first-order valence-electron chi connectivity index (χ1n) is 9.11. The summed E-state index contributed by atoms with van der Waals surface area (Å²) in [5.41, 5.74) is 2.28. The number of benzene rings is 1. The van der Waals surface area contributed by atoms with Crippen LogP contribution in [0.15, 0.2) is 30.9 Å². The fourth-order valence-electron chi connectivity index (χ4n) is 3.69. The summed E-state index contributed by atoms with van der Waals surface area (Å²) in [6.07, 6.45) is 7.03. The van der Waals surface area contributed by atoms with E-state index in [2.05, 4.69) is 54.4 Å². The number of nitrogens with zero attached hydrogens (tertiary/aromatic N) is 4. The minimum absolute atomic E-state index is 0.356. The molecule has 4 rings (SSSR count). The van der Waals surface area contributed by atoms with Crippen LogP contribution in [0, 0.1) is 5.92 Å². The molecule has 1 aromatic carbocycles. The third-order valence-corrected chi connectivity index (χ3v) is 6.42. The van der Waals surface area contributed by atoms with Gasteiger partial charge >= 0.3 is 0 Å². The Morgan fingerprint density at radius 2 is 2.16 bits per heavy atom. The average molecular weight is 356 g/mol. The summed E-state index contributed by atoms with van der Waals surface area (Å²) in [5, 5.41) is 9.36. The Balaban J connectivity index is 1.58. The fraction of sp³-hybridized carbons (Fsp3) is 0.526. The molecule has 0 spiro atoms. The van der Waals surface area contributed by atoms with Gasteiger partial charge < -0.3 is 5.32 Å². The SMILES string of the molecule is CC1CCC(Nc2ccc3nc(C(C)C)sc3c2)C(n2cncn2)C1. The summed E-state index contributed by atoms with van der Waals surface area (Å²) < 4.78 is 3.28. The fourth-order valence-corrected chi connectivity index (χ4v) is 4.70. The van der Waals surface area contributed by atoms with E-state index in [1.807, 2.05) is 11.0 Å². The standard InChI is InChI=1S/C19H25N5S/c1-12(2)19-23-16-7-5-14(9-18(16)25-19)22-15-6-4-13(3)8-17(15)24-11-20-10-21-24/h5,7,9-13,15,17,22H,4,6,8H2,1-3H3. The van der Waals surface area contributed by atoms with Crippen LogP contribution in [-0.2, 0) is 0 Å². The minimum atomic E-state index is 0.356. The van der Waals surface area contributed by atoms with Crippen LogP contribution in [0.3, 0.4) is 0 Å². The van der Waals surface area contributed by atoms with E-state index in [1.54, 1.807) is 17.7 Å². The van der Waals surface area contributed by atoms with Crippen LogP contribution >= 0.6 is 11.3 Å². The molecular formula is C19H25N5S. The van der Waals surface area contributed by atoms with Gasteiger partial charge in [0, 0.05) is 17.6 Å². The lowest BCUT2D eigenvalue weighted by molar-refractivity contribution is 0.244. The van der Waals surface area contributed by atoms with Crippen LogP contribution in [-0.4, -0.2) is 25.8 Å². The normalized spacial score (nSPS) is 24.1. The first-order valence-corrected chi connectivity index (χ1v) is 9.93. The number of anilines is 1. The van der Waals surface area contributed by atoms with Gasteiger partial charge in [-0.15, -0.1) is 11.3 Å². The Morgan fingerprint density at radius 1 is 1.28 bits per heavy atom. The van der Waals surface area contributed by atoms with E-state index >= 15 is 0 Å². The molecule has 1 N–H and O–H groups in total. The van der Waals surface area contributed by atoms with Crippen LogP contribution in [0.2, 0.25) is 0 Å². The predicted octanol–water partition coefficient (Wildman–Crippen LogP) is 4.85. The number of hydrogen-bond acceptors (Lipinski definition) is 5. The van der Waals surface area contributed by atoms with Crippen molar-refractivity contribution < 1.29 is 0 Å². The molecule has 2 heterocycles. The van der Waals surface area contributed by atoms with Crippen LogP contribution in [0.5, 0.6) is 0 Å². The monoisotopic (exact) mass is 355 g/mol. The van der Waals surface area contributed by atoms with Crippen LogP contribution in [0.1, 0.15) is 57.0 Å². The van der Waals surface area contributed by atoms with Crippen LogP contribution in [0.4, 0.5) is 5.69 Å². The zero-order valence-electron chi connectivity index (χ0n) is 15.0. The quantitative estimate of drug-likeness (QED) is 0.726. The second-order valence-corrected chi connectivity index (χ2v) is 8.56. The summed E-state index contributed by atoms with van der Waals surface area (Å²) in [5.74, 6) is 1.20. The molecule has 6 heteroatoms. The summed E-state index contributed by atoms with van der Waals surface area (Å²) in [6, 6.07) is 7.27. The van der Waals surface area contributed by atoms with Gasteiger partial charge in [-0.1, -0.05) is 20.8 Å². The topological polar surface area (TPSA) is 55.6 Å². The van der Waals surface area contributed by atoms with E-state index in [1.165, 1.54) is 21.8 Å². The van der Waals surface area contributed by atoms with Crippen molar-refractivity contribution >= 4 is 27.2 Å². The summed E-state index contributed by atoms with van der Waals surface area (Å²) in [7, 11) is 0. The number of aromatic nitrogens is 4. The van der Waals surface area contributed by atoms with Gasteiger partial charge in [0.25, 0.3) is 0 Å². The summed E-state index contributed by atoms with van der Waals surface area (Å²) in [6.45, 7) is 6.72. The maximum Gasteiger partial charge on any atom is 0.137 e. The maximum atomic E-state index is 4.73. The molecule has 0 bridgehead atoms. The van der Waals surface area contributed by atoms with Crippen molar-refractivity contribution in [1.82, 2.24) is 19.7 Å². The molecule has 0 aliphatic heterocycles. The zero-order valence-corrected chi connectivity index (χ0v) is 15.8. The molecule has 3 atom stereocenters. The van der Waals surface area contributed by atoms with Crippen molar-refractivity contribution in [3.8, 4) is 0 Å². The highest BCUT2D eigenvalue weighted by Crippen LogP contribution is 2.35. The maximum absolute atomic E-state index is 4.73. The molecule has 1 saturated carbocycles. The number of thiazole rings is 1. The highest BCUT2D eigenvalue weighted by Gasteiger charge is 2.30. The molecule has 3 aromatic rings. The van der Waals surface area contributed by atoms with Crippen molar-refractivity contribution in [1.29, 1.82) is 0 Å². The molecule has 3 unspecified atom stereocenters. The molecule has 1 aliphatic rings. The lowest BCUT2D eigenvalue weighted by Crippen LogP contribution is -2.36. The molecular weight excluding hydrogens is 330 g/mol. The van der Waals surface area contributed by atoms with Crippen molar-refractivity contribution in [2.45, 2.75) is 58.0 Å². The molecule has 2 aromatic heterocycles. The van der Waals surface area contributed by atoms with Gasteiger partial charge in [-0.25, -0.2) is 14.6 Å². The van der Waals surface area contributed by atoms with Crippen molar-refractivity contribution in [3.63, 3.8) is 0 Å². The Bertz CT molecular complexity index is 839. The third kappa shape index (κ3) is 3.40. The van der Waals surface area contributed by atoms with E-state index in [-0.39, 0.29) is 0 Å². The van der Waals surface area contributed by atoms with Crippen molar-refractivity contribution in [2.24, 2.45) is 5.92 Å². The van der Waals surface area contributed by atoms with Gasteiger partial charge in [0.1, 0.15) is 12.7 Å². The van der Waals surface area contributed by atoms with Gasteiger partial charge in [0.15, 0.2) is 0 Å². The van der Waals surface area contributed by atoms with Gasteiger partial charge in [-0.2, -0.15) is 5.10 Å². The minimum Gasteiger partial charge on any atom is -0.380 e. The smallest absolute Gasteiger partial charge is 0.137 e. The first kappa shape index (κ1) is 16.5.